The minimum atomic E-state index is -0.479. The molecule has 3 atom stereocenters. The minimum absolute atomic E-state index is 0.231. The topological polar surface area (TPSA) is 104 Å². The summed E-state index contributed by atoms with van der Waals surface area (Å²) in [4.78, 5) is 34.0. The molecule has 136 valence electrons. The number of amides is 2. The first kappa shape index (κ1) is 15.7. The summed E-state index contributed by atoms with van der Waals surface area (Å²) in [5.41, 5.74) is 7.48. The van der Waals surface area contributed by atoms with E-state index in [0.717, 1.165) is 55.2 Å². The van der Waals surface area contributed by atoms with E-state index in [9.17, 15) is 9.59 Å². The van der Waals surface area contributed by atoms with Gasteiger partial charge in [0.05, 0.1) is 11.3 Å². The Kier molecular flexibility index (Phi) is 3.45. The van der Waals surface area contributed by atoms with E-state index in [0.29, 0.717) is 23.6 Å². The van der Waals surface area contributed by atoms with Gasteiger partial charge in [-0.2, -0.15) is 0 Å². The molecule has 0 spiro atoms. The van der Waals surface area contributed by atoms with Gasteiger partial charge >= 0.3 is 0 Å². The van der Waals surface area contributed by atoms with Gasteiger partial charge in [-0.25, -0.2) is 4.98 Å². The van der Waals surface area contributed by atoms with Crippen LogP contribution in [0.1, 0.15) is 48.9 Å². The molecule has 4 heterocycles. The average molecular weight is 353 g/mol. The Hall–Kier alpha value is -2.57. The van der Waals surface area contributed by atoms with Gasteiger partial charge in [-0.3, -0.25) is 9.59 Å². The Balaban J connectivity index is 1.41. The lowest BCUT2D eigenvalue weighted by molar-refractivity contribution is -0.137. The number of rotatable bonds is 4. The largest absolute Gasteiger partial charge is 0.381 e. The van der Waals surface area contributed by atoms with Crippen molar-refractivity contribution in [2.45, 2.75) is 56.7 Å². The van der Waals surface area contributed by atoms with E-state index in [1.165, 1.54) is 6.20 Å². The van der Waals surface area contributed by atoms with E-state index in [-0.39, 0.29) is 12.0 Å². The van der Waals surface area contributed by atoms with Crippen molar-refractivity contribution in [3.63, 3.8) is 0 Å². The molecule has 2 aliphatic heterocycles. The highest BCUT2D eigenvalue weighted by Crippen LogP contribution is 2.42. The third kappa shape index (κ3) is 2.45. The number of piperidine rings is 1. The number of nitrogens with one attached hydrogen (secondary N) is 2. The highest BCUT2D eigenvalue weighted by molar-refractivity contribution is 6.06. The first-order valence-electron chi connectivity index (χ1n) is 9.46. The second kappa shape index (κ2) is 5.72. The molecule has 2 saturated heterocycles. The SMILES string of the molecule is NC(=O)c1cnc2[nH]ccc2c1N[C@@H]1C[C@H]2CC[C@@H](C1)N2C(=O)C1CC1. The molecular weight excluding hydrogens is 330 g/mol. The van der Waals surface area contributed by atoms with Crippen LogP contribution in [-0.4, -0.2) is 44.8 Å². The van der Waals surface area contributed by atoms with Crippen LogP contribution in [-0.2, 0) is 4.79 Å². The number of fused-ring (bicyclic) bond motifs is 3. The van der Waals surface area contributed by atoms with E-state index < -0.39 is 5.91 Å². The predicted molar refractivity (Wildman–Crippen MR) is 97.6 cm³/mol. The number of nitrogens with zero attached hydrogens (tertiary/aromatic N) is 2. The summed E-state index contributed by atoms with van der Waals surface area (Å²) in [5.74, 6) is 0.168. The minimum Gasteiger partial charge on any atom is -0.381 e. The van der Waals surface area contributed by atoms with E-state index in [1.54, 1.807) is 0 Å². The standard InChI is InChI=1S/C19H23N5O2/c20-17(25)15-9-22-18-14(5-6-21-18)16(15)23-11-7-12-3-4-13(8-11)24(12)19(26)10-1-2-10/h5-6,9-13H,1-4,7-8H2,(H2,20,25)(H2,21,22,23)/t11-,12-,13+. The van der Waals surface area contributed by atoms with Crippen LogP contribution in [0.25, 0.3) is 11.0 Å². The van der Waals surface area contributed by atoms with Crippen molar-refractivity contribution in [1.82, 2.24) is 14.9 Å². The number of aromatic amines is 1. The maximum Gasteiger partial charge on any atom is 0.252 e. The summed E-state index contributed by atoms with van der Waals surface area (Å²) in [7, 11) is 0. The zero-order valence-electron chi connectivity index (χ0n) is 14.6. The van der Waals surface area contributed by atoms with Gasteiger partial charge in [-0.15, -0.1) is 0 Å². The summed E-state index contributed by atoms with van der Waals surface area (Å²) < 4.78 is 0. The number of primary amides is 1. The smallest absolute Gasteiger partial charge is 0.252 e. The normalized spacial score (nSPS) is 27.7. The zero-order valence-corrected chi connectivity index (χ0v) is 14.6. The first-order chi connectivity index (χ1) is 12.6. The number of hydrogen-bond acceptors (Lipinski definition) is 4. The summed E-state index contributed by atoms with van der Waals surface area (Å²) in [5, 5.41) is 4.45. The van der Waals surface area contributed by atoms with Gasteiger partial charge in [0.1, 0.15) is 5.65 Å². The lowest BCUT2D eigenvalue weighted by atomic mass is 9.95. The van der Waals surface area contributed by atoms with Crippen LogP contribution in [0.3, 0.4) is 0 Å². The molecule has 3 fully saturated rings. The Morgan fingerprint density at radius 3 is 2.58 bits per heavy atom. The molecule has 1 aliphatic carbocycles. The van der Waals surface area contributed by atoms with Crippen LogP contribution in [0, 0.1) is 5.92 Å². The van der Waals surface area contributed by atoms with Crippen LogP contribution in [0.2, 0.25) is 0 Å². The maximum absolute atomic E-state index is 12.6. The molecule has 5 rings (SSSR count). The first-order valence-corrected chi connectivity index (χ1v) is 9.46. The second-order valence-electron chi connectivity index (χ2n) is 7.87. The number of H-pyrrole nitrogens is 1. The van der Waals surface area contributed by atoms with Crippen LogP contribution >= 0.6 is 0 Å². The van der Waals surface area contributed by atoms with Gasteiger partial charge in [-0.05, 0) is 44.6 Å². The zero-order chi connectivity index (χ0) is 17.8. The Morgan fingerprint density at radius 1 is 1.19 bits per heavy atom. The summed E-state index contributed by atoms with van der Waals surface area (Å²) in [6.45, 7) is 0. The van der Waals surface area contributed by atoms with Crippen LogP contribution < -0.4 is 11.1 Å². The number of carbonyl (C=O) groups is 2. The Morgan fingerprint density at radius 2 is 1.92 bits per heavy atom. The number of anilines is 1. The van der Waals surface area contributed by atoms with Crippen LogP contribution in [0.15, 0.2) is 18.5 Å². The molecule has 0 aromatic carbocycles. The van der Waals surface area contributed by atoms with Crippen molar-refractivity contribution in [2.24, 2.45) is 11.7 Å². The average Bonchev–Trinajstić information content (AvgIpc) is 3.29. The summed E-state index contributed by atoms with van der Waals surface area (Å²) in [6, 6.07) is 2.78. The fourth-order valence-electron chi connectivity index (χ4n) is 4.75. The Labute approximate surface area is 151 Å². The summed E-state index contributed by atoms with van der Waals surface area (Å²) >= 11 is 0. The number of hydrogen-bond donors (Lipinski definition) is 3. The predicted octanol–water partition coefficient (Wildman–Crippen LogP) is 2.01. The molecule has 1 saturated carbocycles. The van der Waals surface area contributed by atoms with Gasteiger partial charge in [0.25, 0.3) is 5.91 Å². The molecule has 7 heteroatoms. The van der Waals surface area contributed by atoms with Gasteiger partial charge in [0, 0.05) is 41.8 Å². The molecule has 2 bridgehead atoms. The van der Waals surface area contributed by atoms with Crippen molar-refractivity contribution in [2.75, 3.05) is 5.32 Å². The van der Waals surface area contributed by atoms with Gasteiger partial charge in [0.2, 0.25) is 5.91 Å². The molecular formula is C19H23N5O2. The van der Waals surface area contributed by atoms with Gasteiger partial charge in [0.15, 0.2) is 0 Å². The molecule has 7 nitrogen and oxygen atoms in total. The summed E-state index contributed by atoms with van der Waals surface area (Å²) in [6.07, 6.45) is 9.46. The third-order valence-corrected chi connectivity index (χ3v) is 6.11. The molecule has 0 unspecified atom stereocenters. The monoisotopic (exact) mass is 353 g/mol. The molecule has 26 heavy (non-hydrogen) atoms. The number of carbonyl (C=O) groups excluding carboxylic acids is 2. The molecule has 3 aliphatic rings. The van der Waals surface area contributed by atoms with Crippen molar-refractivity contribution in [3.8, 4) is 0 Å². The highest BCUT2D eigenvalue weighted by Gasteiger charge is 2.47. The lowest BCUT2D eigenvalue weighted by Gasteiger charge is -2.40. The molecule has 2 aromatic heterocycles. The fourth-order valence-corrected chi connectivity index (χ4v) is 4.75. The molecule has 0 radical (unpaired) electrons. The van der Waals surface area contributed by atoms with Crippen molar-refractivity contribution >= 4 is 28.5 Å². The van der Waals surface area contributed by atoms with E-state index in [1.807, 2.05) is 12.3 Å². The number of aromatic nitrogens is 2. The number of pyridine rings is 1. The number of nitrogens with two attached hydrogens (primary N) is 1. The van der Waals surface area contributed by atoms with E-state index in [2.05, 4.69) is 20.2 Å². The lowest BCUT2D eigenvalue weighted by Crippen LogP contribution is -2.50. The maximum atomic E-state index is 12.6. The second-order valence-corrected chi connectivity index (χ2v) is 7.87. The quantitative estimate of drug-likeness (QED) is 0.782. The van der Waals surface area contributed by atoms with Crippen LogP contribution in [0.4, 0.5) is 5.69 Å². The molecule has 4 N–H and O–H groups in total. The van der Waals surface area contributed by atoms with Crippen LogP contribution in [0.5, 0.6) is 0 Å². The highest BCUT2D eigenvalue weighted by atomic mass is 16.2. The van der Waals surface area contributed by atoms with Gasteiger partial charge in [-0.1, -0.05) is 0 Å². The van der Waals surface area contributed by atoms with Crippen molar-refractivity contribution in [1.29, 1.82) is 0 Å². The Bertz CT molecular complexity index is 873. The van der Waals surface area contributed by atoms with Crippen molar-refractivity contribution in [3.05, 3.63) is 24.0 Å². The fraction of sp³-hybridized carbons (Fsp3) is 0.526. The molecule has 2 aromatic rings. The van der Waals surface area contributed by atoms with E-state index >= 15 is 0 Å². The van der Waals surface area contributed by atoms with E-state index in [4.69, 9.17) is 5.73 Å². The molecule has 2 amide bonds. The van der Waals surface area contributed by atoms with Gasteiger partial charge < -0.3 is 20.9 Å². The van der Waals surface area contributed by atoms with Crippen molar-refractivity contribution < 1.29 is 9.59 Å². The third-order valence-electron chi connectivity index (χ3n) is 6.11.